The van der Waals surface area contributed by atoms with Crippen LogP contribution < -0.4 is 9.46 Å². The average Bonchev–Trinajstić information content (AvgIpc) is 2.48. The van der Waals surface area contributed by atoms with Crippen molar-refractivity contribution in [2.24, 2.45) is 0 Å². The van der Waals surface area contributed by atoms with E-state index in [4.69, 9.17) is 4.74 Å². The molecule has 0 bridgehead atoms. The third kappa shape index (κ3) is 3.80. The van der Waals surface area contributed by atoms with Crippen LogP contribution in [0.5, 0.6) is 5.75 Å². The molecule has 0 fully saturated rings. The fourth-order valence-corrected chi connectivity index (χ4v) is 2.89. The maximum atomic E-state index is 13.2. The van der Waals surface area contributed by atoms with E-state index >= 15 is 0 Å². The summed E-state index contributed by atoms with van der Waals surface area (Å²) in [5, 5.41) is 0. The van der Waals surface area contributed by atoms with Crippen molar-refractivity contribution in [3.63, 3.8) is 0 Å². The monoisotopic (exact) mass is 309 g/mol. The van der Waals surface area contributed by atoms with E-state index < -0.39 is 15.8 Å². The molecule has 21 heavy (non-hydrogen) atoms. The maximum absolute atomic E-state index is 13.2. The van der Waals surface area contributed by atoms with Gasteiger partial charge in [0, 0.05) is 6.54 Å². The predicted octanol–water partition coefficient (Wildman–Crippen LogP) is 2.62. The van der Waals surface area contributed by atoms with E-state index in [1.807, 2.05) is 0 Å². The Balaban J connectivity index is 2.11. The Hall–Kier alpha value is -1.92. The largest absolute Gasteiger partial charge is 0.497 e. The summed E-state index contributed by atoms with van der Waals surface area (Å²) >= 11 is 0. The highest BCUT2D eigenvalue weighted by molar-refractivity contribution is 7.89. The SMILES string of the molecule is COc1ccc(CNS(=O)(=O)c2ccc(F)c(C)c2)cc1. The zero-order chi connectivity index (χ0) is 15.5. The van der Waals surface area contributed by atoms with Gasteiger partial charge in [-0.05, 0) is 48.4 Å². The van der Waals surface area contributed by atoms with E-state index in [1.165, 1.54) is 19.1 Å². The number of nitrogens with one attached hydrogen (secondary N) is 1. The number of ether oxygens (including phenoxy) is 1. The van der Waals surface area contributed by atoms with Crippen LogP contribution in [0.25, 0.3) is 0 Å². The van der Waals surface area contributed by atoms with Crippen molar-refractivity contribution in [2.45, 2.75) is 18.4 Å². The molecule has 0 aliphatic carbocycles. The van der Waals surface area contributed by atoms with Crippen LogP contribution in [0, 0.1) is 12.7 Å². The molecule has 0 spiro atoms. The van der Waals surface area contributed by atoms with Gasteiger partial charge in [0.25, 0.3) is 0 Å². The van der Waals surface area contributed by atoms with Gasteiger partial charge in [-0.3, -0.25) is 0 Å². The molecule has 0 radical (unpaired) electrons. The molecular weight excluding hydrogens is 293 g/mol. The Bertz CT molecular complexity index is 727. The van der Waals surface area contributed by atoms with E-state index in [1.54, 1.807) is 31.4 Å². The second kappa shape index (κ2) is 6.24. The second-order valence-corrected chi connectivity index (χ2v) is 6.35. The molecule has 0 unspecified atom stereocenters. The van der Waals surface area contributed by atoms with Gasteiger partial charge in [-0.2, -0.15) is 0 Å². The molecule has 0 atom stereocenters. The highest BCUT2D eigenvalue weighted by Gasteiger charge is 2.14. The Kier molecular flexibility index (Phi) is 4.59. The van der Waals surface area contributed by atoms with Gasteiger partial charge in [0.2, 0.25) is 10.0 Å². The molecule has 2 aromatic rings. The van der Waals surface area contributed by atoms with Crippen LogP contribution in [0.1, 0.15) is 11.1 Å². The number of halogens is 1. The normalized spacial score (nSPS) is 11.4. The van der Waals surface area contributed by atoms with Gasteiger partial charge in [0.15, 0.2) is 0 Å². The number of benzene rings is 2. The minimum absolute atomic E-state index is 0.0508. The number of methoxy groups -OCH3 is 1. The first-order chi connectivity index (χ1) is 9.92. The summed E-state index contributed by atoms with van der Waals surface area (Å²) in [6.45, 7) is 1.68. The third-order valence-corrected chi connectivity index (χ3v) is 4.46. The van der Waals surface area contributed by atoms with Crippen LogP contribution in [-0.2, 0) is 16.6 Å². The number of rotatable bonds is 5. The zero-order valence-corrected chi connectivity index (χ0v) is 12.6. The summed E-state index contributed by atoms with van der Waals surface area (Å²) in [5.41, 5.74) is 1.10. The van der Waals surface area contributed by atoms with Crippen LogP contribution in [-0.4, -0.2) is 15.5 Å². The molecule has 0 saturated carbocycles. The molecule has 0 amide bonds. The summed E-state index contributed by atoms with van der Waals surface area (Å²) in [7, 11) is -2.10. The molecular formula is C15H16FNO3S. The lowest BCUT2D eigenvalue weighted by Gasteiger charge is -2.08. The van der Waals surface area contributed by atoms with E-state index in [-0.39, 0.29) is 11.4 Å². The Labute approximate surface area is 123 Å². The standard InChI is InChI=1S/C15H16FNO3S/c1-11-9-14(7-8-15(11)16)21(18,19)17-10-12-3-5-13(20-2)6-4-12/h3-9,17H,10H2,1-2H3. The molecule has 4 nitrogen and oxygen atoms in total. The molecule has 1 N–H and O–H groups in total. The maximum Gasteiger partial charge on any atom is 0.240 e. The lowest BCUT2D eigenvalue weighted by atomic mass is 10.2. The summed E-state index contributed by atoms with van der Waals surface area (Å²) in [4.78, 5) is 0.0508. The second-order valence-electron chi connectivity index (χ2n) is 4.58. The van der Waals surface area contributed by atoms with E-state index in [0.29, 0.717) is 11.3 Å². The topological polar surface area (TPSA) is 55.4 Å². The first-order valence-corrected chi connectivity index (χ1v) is 7.79. The van der Waals surface area contributed by atoms with Crippen molar-refractivity contribution >= 4 is 10.0 Å². The van der Waals surface area contributed by atoms with Crippen molar-refractivity contribution in [3.8, 4) is 5.75 Å². The molecule has 6 heteroatoms. The molecule has 112 valence electrons. The van der Waals surface area contributed by atoms with Crippen molar-refractivity contribution in [1.29, 1.82) is 0 Å². The molecule has 0 aromatic heterocycles. The fourth-order valence-electron chi connectivity index (χ4n) is 1.79. The highest BCUT2D eigenvalue weighted by Crippen LogP contribution is 2.15. The van der Waals surface area contributed by atoms with Crippen molar-refractivity contribution in [2.75, 3.05) is 7.11 Å². The molecule has 0 aliphatic rings. The van der Waals surface area contributed by atoms with Crippen LogP contribution in [0.4, 0.5) is 4.39 Å². The number of aryl methyl sites for hydroxylation is 1. The van der Waals surface area contributed by atoms with Crippen molar-refractivity contribution in [1.82, 2.24) is 4.72 Å². The van der Waals surface area contributed by atoms with E-state index in [0.717, 1.165) is 11.6 Å². The van der Waals surface area contributed by atoms with Crippen LogP contribution in [0.2, 0.25) is 0 Å². The van der Waals surface area contributed by atoms with Crippen LogP contribution in [0.3, 0.4) is 0 Å². The van der Waals surface area contributed by atoms with Gasteiger partial charge in [-0.15, -0.1) is 0 Å². The minimum atomic E-state index is -3.66. The first-order valence-electron chi connectivity index (χ1n) is 6.31. The van der Waals surface area contributed by atoms with E-state index in [2.05, 4.69) is 4.72 Å². The van der Waals surface area contributed by atoms with E-state index in [9.17, 15) is 12.8 Å². The summed E-state index contributed by atoms with van der Waals surface area (Å²) < 4.78 is 45.0. The van der Waals surface area contributed by atoms with Crippen molar-refractivity contribution < 1.29 is 17.5 Å². The third-order valence-electron chi connectivity index (χ3n) is 3.07. The molecule has 2 aromatic carbocycles. The fraction of sp³-hybridized carbons (Fsp3) is 0.200. The van der Waals surface area contributed by atoms with Gasteiger partial charge in [-0.25, -0.2) is 17.5 Å². The minimum Gasteiger partial charge on any atom is -0.497 e. The lowest BCUT2D eigenvalue weighted by Crippen LogP contribution is -2.23. The van der Waals surface area contributed by atoms with Crippen LogP contribution in [0.15, 0.2) is 47.4 Å². The number of hydrogen-bond acceptors (Lipinski definition) is 3. The first kappa shape index (κ1) is 15.5. The predicted molar refractivity (Wildman–Crippen MR) is 78.2 cm³/mol. The molecule has 0 heterocycles. The molecule has 0 aliphatic heterocycles. The lowest BCUT2D eigenvalue weighted by molar-refractivity contribution is 0.414. The highest BCUT2D eigenvalue weighted by atomic mass is 32.2. The van der Waals surface area contributed by atoms with Gasteiger partial charge in [0.05, 0.1) is 12.0 Å². The Morgan fingerprint density at radius 2 is 1.81 bits per heavy atom. The quantitative estimate of drug-likeness (QED) is 0.923. The summed E-state index contributed by atoms with van der Waals surface area (Å²) in [6.07, 6.45) is 0. The Morgan fingerprint density at radius 3 is 2.38 bits per heavy atom. The van der Waals surface area contributed by atoms with Gasteiger partial charge in [-0.1, -0.05) is 12.1 Å². The van der Waals surface area contributed by atoms with Gasteiger partial charge >= 0.3 is 0 Å². The average molecular weight is 309 g/mol. The molecule has 2 rings (SSSR count). The smallest absolute Gasteiger partial charge is 0.240 e. The number of sulfonamides is 1. The summed E-state index contributed by atoms with van der Waals surface area (Å²) in [6, 6.07) is 10.8. The zero-order valence-electron chi connectivity index (χ0n) is 11.8. The number of hydrogen-bond donors (Lipinski definition) is 1. The van der Waals surface area contributed by atoms with Crippen molar-refractivity contribution in [3.05, 3.63) is 59.4 Å². The summed E-state index contributed by atoms with van der Waals surface area (Å²) in [5.74, 6) is 0.278. The molecule has 0 saturated heterocycles. The van der Waals surface area contributed by atoms with Gasteiger partial charge < -0.3 is 4.74 Å². The van der Waals surface area contributed by atoms with Gasteiger partial charge in [0.1, 0.15) is 11.6 Å². The Morgan fingerprint density at radius 1 is 1.14 bits per heavy atom. The van der Waals surface area contributed by atoms with Crippen LogP contribution >= 0.6 is 0 Å².